The molecular weight excluding hydrogens is 356 g/mol. The van der Waals surface area contributed by atoms with Crippen LogP contribution in [0, 0.1) is 0 Å². The first-order valence-corrected chi connectivity index (χ1v) is 6.58. The predicted molar refractivity (Wildman–Crippen MR) is 65.8 cm³/mol. The van der Waals surface area contributed by atoms with Crippen LogP contribution in [0.3, 0.4) is 0 Å². The number of esters is 1. The monoisotopic (exact) mass is 365 g/mol. The number of aromatic nitrogens is 1. The third-order valence-electron chi connectivity index (χ3n) is 2.40. The maximum Gasteiger partial charge on any atom is 0.573 e. The van der Waals surface area contributed by atoms with Gasteiger partial charge in [-0.05, 0) is 6.92 Å². The second-order valence-corrected chi connectivity index (χ2v) is 4.37. The molecule has 4 nitrogen and oxygen atoms in total. The van der Waals surface area contributed by atoms with Crippen molar-refractivity contribution in [1.29, 1.82) is 0 Å². The van der Waals surface area contributed by atoms with Gasteiger partial charge in [0.15, 0.2) is 5.69 Å². The summed E-state index contributed by atoms with van der Waals surface area (Å²) in [6, 6.07) is 0.581. The average Bonchev–Trinajstić information content (AvgIpc) is 2.35. The second kappa shape index (κ2) is 7.24. The van der Waals surface area contributed by atoms with E-state index in [1.165, 1.54) is 6.92 Å². The molecule has 11 heteroatoms. The molecule has 0 bridgehead atoms. The third kappa shape index (κ3) is 5.77. The highest BCUT2D eigenvalue weighted by Gasteiger charge is 2.40. The van der Waals surface area contributed by atoms with Gasteiger partial charge in [-0.3, -0.25) is 4.79 Å². The molecule has 0 aliphatic rings. The quantitative estimate of drug-likeness (QED) is 0.452. The molecule has 0 atom stereocenters. The van der Waals surface area contributed by atoms with Crippen LogP contribution in [-0.4, -0.2) is 23.9 Å². The number of carbonyl (C=O) groups excluding carboxylic acids is 1. The van der Waals surface area contributed by atoms with Gasteiger partial charge in [0.05, 0.1) is 24.6 Å². The fraction of sp³-hybridized carbons (Fsp3) is 0.500. The molecule has 0 N–H and O–H groups in total. The summed E-state index contributed by atoms with van der Waals surface area (Å²) in [5.41, 5.74) is -3.19. The highest BCUT2D eigenvalue weighted by atomic mass is 35.5. The lowest BCUT2D eigenvalue weighted by Gasteiger charge is -2.17. The predicted octanol–water partition coefficient (Wildman–Crippen LogP) is 3.84. The van der Waals surface area contributed by atoms with Crippen LogP contribution in [0.5, 0.6) is 5.75 Å². The minimum absolute atomic E-state index is 0.0450. The van der Waals surface area contributed by atoms with Crippen LogP contribution >= 0.6 is 11.6 Å². The molecule has 0 saturated carbocycles. The first kappa shape index (κ1) is 19.3. The summed E-state index contributed by atoms with van der Waals surface area (Å²) in [6.07, 6.45) is -11.0. The molecule has 0 unspecified atom stereocenters. The van der Waals surface area contributed by atoms with Gasteiger partial charge in [-0.15, -0.1) is 24.8 Å². The fourth-order valence-electron chi connectivity index (χ4n) is 1.63. The van der Waals surface area contributed by atoms with Crippen molar-refractivity contribution in [2.45, 2.75) is 31.8 Å². The van der Waals surface area contributed by atoms with Crippen molar-refractivity contribution < 1.29 is 40.6 Å². The molecule has 0 aliphatic carbocycles. The standard InChI is InChI=1S/C12H10ClF6NO3/c1-2-22-9(21)4-6-3-8(23-12(17,18)19)7(5-13)10(20-6)11(14,15)16/h3H,2,4-5H2,1H3. The Labute approximate surface area is 131 Å². The maximum atomic E-state index is 12.9. The first-order chi connectivity index (χ1) is 10.5. The molecule has 0 radical (unpaired) electrons. The van der Waals surface area contributed by atoms with Gasteiger partial charge in [0.25, 0.3) is 0 Å². The number of hydrogen-bond acceptors (Lipinski definition) is 4. The van der Waals surface area contributed by atoms with E-state index in [1.54, 1.807) is 0 Å². The molecule has 0 aliphatic heterocycles. The Morgan fingerprint density at radius 2 is 1.87 bits per heavy atom. The number of hydrogen-bond donors (Lipinski definition) is 0. The van der Waals surface area contributed by atoms with Crippen molar-refractivity contribution >= 4 is 17.6 Å². The number of alkyl halides is 7. The van der Waals surface area contributed by atoms with E-state index in [4.69, 9.17) is 11.6 Å². The number of carbonyl (C=O) groups is 1. The van der Waals surface area contributed by atoms with E-state index in [0.29, 0.717) is 6.07 Å². The van der Waals surface area contributed by atoms with Gasteiger partial charge in [0.2, 0.25) is 0 Å². The Kier molecular flexibility index (Phi) is 6.09. The molecule has 0 amide bonds. The van der Waals surface area contributed by atoms with E-state index >= 15 is 0 Å². The van der Waals surface area contributed by atoms with Crippen LogP contribution in [0.25, 0.3) is 0 Å². The average molecular weight is 366 g/mol. The summed E-state index contributed by atoms with van der Waals surface area (Å²) in [5.74, 6) is -3.01. The number of nitrogens with zero attached hydrogens (tertiary/aromatic N) is 1. The lowest BCUT2D eigenvalue weighted by molar-refractivity contribution is -0.275. The van der Waals surface area contributed by atoms with Crippen LogP contribution < -0.4 is 4.74 Å². The van der Waals surface area contributed by atoms with E-state index in [9.17, 15) is 31.1 Å². The molecule has 1 aromatic heterocycles. The molecule has 1 aromatic rings. The molecule has 1 heterocycles. The van der Waals surface area contributed by atoms with E-state index in [2.05, 4.69) is 14.5 Å². The van der Waals surface area contributed by atoms with Crippen LogP contribution in [-0.2, 0) is 28.0 Å². The van der Waals surface area contributed by atoms with Gasteiger partial charge in [0.1, 0.15) is 5.75 Å². The van der Waals surface area contributed by atoms with Crippen molar-refractivity contribution in [1.82, 2.24) is 4.98 Å². The fourth-order valence-corrected chi connectivity index (χ4v) is 1.89. The van der Waals surface area contributed by atoms with E-state index < -0.39 is 53.5 Å². The summed E-state index contributed by atoms with van der Waals surface area (Å²) in [7, 11) is 0. The second-order valence-electron chi connectivity index (χ2n) is 4.10. The first-order valence-electron chi connectivity index (χ1n) is 6.05. The zero-order valence-corrected chi connectivity index (χ0v) is 12.3. The van der Waals surface area contributed by atoms with Crippen LogP contribution in [0.15, 0.2) is 6.07 Å². The van der Waals surface area contributed by atoms with E-state index in [0.717, 1.165) is 0 Å². The van der Waals surface area contributed by atoms with Crippen molar-refractivity contribution in [3.05, 3.63) is 23.0 Å². The number of ether oxygens (including phenoxy) is 2. The van der Waals surface area contributed by atoms with E-state index in [-0.39, 0.29) is 6.61 Å². The Hall–Kier alpha value is -1.71. The van der Waals surface area contributed by atoms with Crippen molar-refractivity contribution in [2.24, 2.45) is 0 Å². The highest BCUT2D eigenvalue weighted by Crippen LogP contribution is 2.38. The molecule has 130 valence electrons. The van der Waals surface area contributed by atoms with Gasteiger partial charge in [-0.25, -0.2) is 4.98 Å². The normalized spacial score (nSPS) is 12.2. The lowest BCUT2D eigenvalue weighted by Crippen LogP contribution is -2.22. The zero-order chi connectivity index (χ0) is 17.8. The molecule has 0 fully saturated rings. The van der Waals surface area contributed by atoms with Gasteiger partial charge in [0, 0.05) is 11.6 Å². The summed E-state index contributed by atoms with van der Waals surface area (Å²) in [5, 5.41) is 0. The molecule has 0 aromatic carbocycles. The minimum atomic E-state index is -5.23. The summed E-state index contributed by atoms with van der Waals surface area (Å²) in [6.45, 7) is 1.41. The third-order valence-corrected chi connectivity index (χ3v) is 2.66. The maximum absolute atomic E-state index is 12.9. The number of pyridine rings is 1. The highest BCUT2D eigenvalue weighted by molar-refractivity contribution is 6.17. The van der Waals surface area contributed by atoms with Crippen molar-refractivity contribution in [3.63, 3.8) is 0 Å². The molecule has 1 rings (SSSR count). The van der Waals surface area contributed by atoms with Gasteiger partial charge in [-0.2, -0.15) is 13.2 Å². The van der Waals surface area contributed by atoms with E-state index in [1.807, 2.05) is 0 Å². The van der Waals surface area contributed by atoms with Crippen LogP contribution in [0.2, 0.25) is 0 Å². The Bertz CT molecular complexity index is 573. The van der Waals surface area contributed by atoms with Crippen LogP contribution in [0.1, 0.15) is 23.9 Å². The number of halogens is 7. The minimum Gasteiger partial charge on any atom is -0.466 e. The Morgan fingerprint density at radius 3 is 2.30 bits per heavy atom. The Morgan fingerprint density at radius 1 is 1.26 bits per heavy atom. The summed E-state index contributed by atoms with van der Waals surface area (Å²) < 4.78 is 83.9. The van der Waals surface area contributed by atoms with Gasteiger partial charge >= 0.3 is 18.5 Å². The molecule has 23 heavy (non-hydrogen) atoms. The topological polar surface area (TPSA) is 48.4 Å². The molecule has 0 spiro atoms. The SMILES string of the molecule is CCOC(=O)Cc1cc(OC(F)(F)F)c(CCl)c(C(F)(F)F)n1. The lowest BCUT2D eigenvalue weighted by atomic mass is 10.1. The summed E-state index contributed by atoms with van der Waals surface area (Å²) in [4.78, 5) is 14.5. The van der Waals surface area contributed by atoms with Crippen LogP contribution in [0.4, 0.5) is 26.3 Å². The largest absolute Gasteiger partial charge is 0.573 e. The van der Waals surface area contributed by atoms with Gasteiger partial charge < -0.3 is 9.47 Å². The summed E-state index contributed by atoms with van der Waals surface area (Å²) >= 11 is 5.30. The van der Waals surface area contributed by atoms with Crippen molar-refractivity contribution in [3.8, 4) is 5.75 Å². The van der Waals surface area contributed by atoms with Gasteiger partial charge in [-0.1, -0.05) is 0 Å². The van der Waals surface area contributed by atoms with Crippen molar-refractivity contribution in [2.75, 3.05) is 6.61 Å². The molecular formula is C12H10ClF6NO3. The Balaban J connectivity index is 3.38. The zero-order valence-electron chi connectivity index (χ0n) is 11.5. The number of rotatable bonds is 5. The smallest absolute Gasteiger partial charge is 0.466 e. The molecule has 0 saturated heterocycles.